The number of sulfone groups is 1. The number of halogens is 1. The summed E-state index contributed by atoms with van der Waals surface area (Å²) in [4.78, 5) is 0.228. The number of rotatable bonds is 3. The van der Waals surface area contributed by atoms with Crippen LogP contribution in [-0.4, -0.2) is 14.2 Å². The van der Waals surface area contributed by atoms with Crippen LogP contribution in [0.4, 0.5) is 5.69 Å². The van der Waals surface area contributed by atoms with Gasteiger partial charge in [0, 0.05) is 5.69 Å². The largest absolute Gasteiger partial charge is 0.399 e. The van der Waals surface area contributed by atoms with Crippen LogP contribution < -0.4 is 5.73 Å². The molecule has 1 aromatic rings. The summed E-state index contributed by atoms with van der Waals surface area (Å²) in [6.45, 7) is 0. The van der Waals surface area contributed by atoms with Crippen LogP contribution in [0.1, 0.15) is 25.7 Å². The highest BCUT2D eigenvalue weighted by molar-refractivity contribution is 7.91. The van der Waals surface area contributed by atoms with Crippen LogP contribution in [0.2, 0.25) is 5.02 Å². The average Bonchev–Trinajstić information content (AvgIpc) is 2.89. The lowest BCUT2D eigenvalue weighted by Crippen LogP contribution is -2.21. The molecule has 104 valence electrons. The summed E-state index contributed by atoms with van der Waals surface area (Å²) in [6, 6.07) is 4.63. The summed E-state index contributed by atoms with van der Waals surface area (Å²) >= 11 is 6.02. The Labute approximate surface area is 119 Å². The predicted molar refractivity (Wildman–Crippen MR) is 76.9 cm³/mol. The lowest BCUT2D eigenvalue weighted by molar-refractivity contribution is 0.360. The van der Waals surface area contributed by atoms with E-state index in [0.29, 0.717) is 17.5 Å². The van der Waals surface area contributed by atoms with Crippen LogP contribution in [0.25, 0.3) is 0 Å². The molecular formula is C14H18ClNO2S. The van der Waals surface area contributed by atoms with Crippen LogP contribution in [0.5, 0.6) is 0 Å². The van der Waals surface area contributed by atoms with Crippen molar-refractivity contribution in [3.63, 3.8) is 0 Å². The fourth-order valence-corrected chi connectivity index (χ4v) is 6.05. The van der Waals surface area contributed by atoms with Gasteiger partial charge in [0.05, 0.1) is 15.7 Å². The van der Waals surface area contributed by atoms with E-state index in [1.54, 1.807) is 6.07 Å². The first-order valence-corrected chi connectivity index (χ1v) is 8.76. The van der Waals surface area contributed by atoms with E-state index in [4.69, 9.17) is 17.3 Å². The van der Waals surface area contributed by atoms with E-state index in [9.17, 15) is 8.42 Å². The van der Waals surface area contributed by atoms with E-state index < -0.39 is 9.84 Å². The number of nitrogens with two attached hydrogens (primary N) is 1. The van der Waals surface area contributed by atoms with Crippen LogP contribution in [0.15, 0.2) is 23.1 Å². The molecule has 2 N–H and O–H groups in total. The monoisotopic (exact) mass is 299 g/mol. The zero-order valence-corrected chi connectivity index (χ0v) is 12.3. The van der Waals surface area contributed by atoms with Crippen molar-refractivity contribution in [2.24, 2.45) is 17.8 Å². The maximum Gasteiger partial charge on any atom is 0.180 e. The fourth-order valence-electron chi connectivity index (χ4n) is 3.72. The van der Waals surface area contributed by atoms with E-state index in [1.807, 2.05) is 0 Å². The van der Waals surface area contributed by atoms with Crippen LogP contribution in [0, 0.1) is 17.8 Å². The van der Waals surface area contributed by atoms with E-state index >= 15 is 0 Å². The number of fused-ring (bicyclic) bond motifs is 2. The van der Waals surface area contributed by atoms with Gasteiger partial charge in [-0.1, -0.05) is 18.0 Å². The Morgan fingerprint density at radius 3 is 2.63 bits per heavy atom. The quantitative estimate of drug-likeness (QED) is 0.872. The molecule has 3 rings (SSSR count). The molecule has 2 bridgehead atoms. The Kier molecular flexibility index (Phi) is 3.26. The first-order chi connectivity index (χ1) is 8.95. The molecular weight excluding hydrogens is 282 g/mol. The van der Waals surface area contributed by atoms with Crippen LogP contribution >= 0.6 is 11.6 Å². The Balaban J connectivity index is 1.83. The molecule has 0 radical (unpaired) electrons. The van der Waals surface area contributed by atoms with Gasteiger partial charge in [0.2, 0.25) is 0 Å². The Morgan fingerprint density at radius 1 is 1.26 bits per heavy atom. The van der Waals surface area contributed by atoms with E-state index in [1.165, 1.54) is 31.4 Å². The molecule has 3 unspecified atom stereocenters. The van der Waals surface area contributed by atoms with Gasteiger partial charge in [0.15, 0.2) is 9.84 Å². The SMILES string of the molecule is Nc1ccc(S(=O)(=O)CC2CC3CCC2C3)c(Cl)c1. The minimum absolute atomic E-state index is 0.228. The lowest BCUT2D eigenvalue weighted by Gasteiger charge is -2.21. The third-order valence-corrected chi connectivity index (χ3v) is 6.93. The van der Waals surface area contributed by atoms with E-state index in [-0.39, 0.29) is 15.7 Å². The lowest BCUT2D eigenvalue weighted by atomic mass is 9.90. The number of benzene rings is 1. The summed E-state index contributed by atoms with van der Waals surface area (Å²) < 4.78 is 24.9. The van der Waals surface area contributed by atoms with Crippen molar-refractivity contribution in [1.29, 1.82) is 0 Å². The maximum absolute atomic E-state index is 12.5. The molecule has 3 nitrogen and oxygen atoms in total. The summed E-state index contributed by atoms with van der Waals surface area (Å²) in [5, 5.41) is 0.239. The molecule has 2 fully saturated rings. The van der Waals surface area contributed by atoms with Gasteiger partial charge in [-0.15, -0.1) is 0 Å². The maximum atomic E-state index is 12.5. The normalized spacial score (nSPS) is 29.8. The van der Waals surface area contributed by atoms with Crippen molar-refractivity contribution >= 4 is 27.1 Å². The fraction of sp³-hybridized carbons (Fsp3) is 0.571. The number of hydrogen-bond acceptors (Lipinski definition) is 3. The molecule has 1 aromatic carbocycles. The molecule has 2 saturated carbocycles. The molecule has 0 spiro atoms. The minimum Gasteiger partial charge on any atom is -0.399 e. The number of nitrogen functional groups attached to an aromatic ring is 1. The van der Waals surface area contributed by atoms with Gasteiger partial charge in [-0.05, 0) is 55.2 Å². The summed E-state index contributed by atoms with van der Waals surface area (Å²) in [6.07, 6.45) is 4.76. The highest BCUT2D eigenvalue weighted by atomic mass is 35.5. The van der Waals surface area contributed by atoms with E-state index in [2.05, 4.69) is 0 Å². The molecule has 0 aromatic heterocycles. The van der Waals surface area contributed by atoms with E-state index in [0.717, 1.165) is 12.3 Å². The van der Waals surface area contributed by atoms with Gasteiger partial charge in [0.25, 0.3) is 0 Å². The van der Waals surface area contributed by atoms with Crippen LogP contribution in [0.3, 0.4) is 0 Å². The molecule has 0 amide bonds. The molecule has 5 heteroatoms. The second kappa shape index (κ2) is 4.67. The molecule has 0 aliphatic heterocycles. The van der Waals surface area contributed by atoms with Crippen LogP contribution in [-0.2, 0) is 9.84 Å². The third-order valence-electron chi connectivity index (χ3n) is 4.61. The van der Waals surface area contributed by atoms with Gasteiger partial charge in [-0.3, -0.25) is 0 Å². The topological polar surface area (TPSA) is 60.2 Å². The number of hydrogen-bond donors (Lipinski definition) is 1. The zero-order valence-electron chi connectivity index (χ0n) is 10.7. The van der Waals surface area contributed by atoms with Crippen molar-refractivity contribution in [2.45, 2.75) is 30.6 Å². The first kappa shape index (κ1) is 13.3. The Hall–Kier alpha value is -0.740. The van der Waals surface area contributed by atoms with Gasteiger partial charge < -0.3 is 5.73 Å². The van der Waals surface area contributed by atoms with Crippen molar-refractivity contribution in [3.8, 4) is 0 Å². The molecule has 3 atom stereocenters. The second-order valence-electron chi connectivity index (χ2n) is 5.91. The zero-order chi connectivity index (χ0) is 13.6. The van der Waals surface area contributed by atoms with Gasteiger partial charge in [0.1, 0.15) is 0 Å². The molecule has 0 heterocycles. The molecule has 19 heavy (non-hydrogen) atoms. The summed E-state index contributed by atoms with van der Waals surface area (Å²) in [5.41, 5.74) is 6.09. The van der Waals surface area contributed by atoms with Gasteiger partial charge in [-0.2, -0.15) is 0 Å². The van der Waals surface area contributed by atoms with Crippen molar-refractivity contribution in [1.82, 2.24) is 0 Å². The van der Waals surface area contributed by atoms with Crippen molar-refractivity contribution < 1.29 is 8.42 Å². The van der Waals surface area contributed by atoms with Crippen molar-refractivity contribution in [3.05, 3.63) is 23.2 Å². The number of anilines is 1. The Morgan fingerprint density at radius 2 is 2.05 bits per heavy atom. The molecule has 2 aliphatic carbocycles. The van der Waals surface area contributed by atoms with Crippen molar-refractivity contribution in [2.75, 3.05) is 11.5 Å². The second-order valence-corrected chi connectivity index (χ2v) is 8.32. The minimum atomic E-state index is -3.30. The highest BCUT2D eigenvalue weighted by Gasteiger charge is 2.41. The molecule has 2 aliphatic rings. The molecule has 0 saturated heterocycles. The smallest absolute Gasteiger partial charge is 0.180 e. The summed E-state index contributed by atoms with van der Waals surface area (Å²) in [7, 11) is -3.30. The van der Waals surface area contributed by atoms with Gasteiger partial charge in [-0.25, -0.2) is 8.42 Å². The third kappa shape index (κ3) is 2.48. The predicted octanol–water partition coefficient (Wildman–Crippen LogP) is 3.13. The Bertz CT molecular complexity index is 599. The first-order valence-electron chi connectivity index (χ1n) is 6.73. The average molecular weight is 300 g/mol. The summed E-state index contributed by atoms with van der Waals surface area (Å²) in [5.74, 6) is 1.91. The standard InChI is InChI=1S/C14H18ClNO2S/c15-13-7-12(16)3-4-14(13)19(17,18)8-11-6-9-1-2-10(11)5-9/h3-4,7,9-11H,1-2,5-6,8,16H2. The van der Waals surface area contributed by atoms with Gasteiger partial charge >= 0.3 is 0 Å². The highest BCUT2D eigenvalue weighted by Crippen LogP contribution is 2.49.